The molecular formula is C16H22N2O. The van der Waals surface area contributed by atoms with Gasteiger partial charge in [0.15, 0.2) is 5.76 Å². The Kier molecular flexibility index (Phi) is 4.74. The lowest BCUT2D eigenvalue weighted by molar-refractivity contribution is 0.418. The molecule has 0 saturated heterocycles. The molecule has 102 valence electrons. The summed E-state index contributed by atoms with van der Waals surface area (Å²) in [6.07, 6.45) is 0.937. The highest BCUT2D eigenvalue weighted by Crippen LogP contribution is 2.26. The third-order valence-electron chi connectivity index (χ3n) is 3.10. The van der Waals surface area contributed by atoms with E-state index >= 15 is 0 Å². The first-order valence-electron chi connectivity index (χ1n) is 6.96. The maximum atomic E-state index is 5.54. The normalized spacial score (nSPS) is 11.2. The van der Waals surface area contributed by atoms with Gasteiger partial charge in [0, 0.05) is 17.7 Å². The molecule has 0 saturated carbocycles. The summed E-state index contributed by atoms with van der Waals surface area (Å²) in [6, 6.07) is 10.2. The van der Waals surface area contributed by atoms with Crippen LogP contribution in [0.5, 0.6) is 0 Å². The fourth-order valence-corrected chi connectivity index (χ4v) is 2.14. The lowest BCUT2D eigenvalue weighted by atomic mass is 10.0. The first-order valence-corrected chi connectivity index (χ1v) is 6.96. The van der Waals surface area contributed by atoms with E-state index < -0.39 is 0 Å². The zero-order valence-corrected chi connectivity index (χ0v) is 11.9. The van der Waals surface area contributed by atoms with Gasteiger partial charge < -0.3 is 9.84 Å². The number of rotatable bonds is 6. The van der Waals surface area contributed by atoms with Gasteiger partial charge in [-0.25, -0.2) is 0 Å². The minimum atomic E-state index is 0.644. The monoisotopic (exact) mass is 258 g/mol. The number of nitrogens with zero attached hydrogens (tertiary/aromatic N) is 1. The van der Waals surface area contributed by atoms with Gasteiger partial charge in [-0.15, -0.1) is 0 Å². The van der Waals surface area contributed by atoms with Crippen LogP contribution in [0.2, 0.25) is 0 Å². The number of nitrogens with one attached hydrogen (secondary N) is 1. The van der Waals surface area contributed by atoms with E-state index in [0.717, 1.165) is 36.5 Å². The van der Waals surface area contributed by atoms with Crippen LogP contribution in [-0.4, -0.2) is 11.7 Å². The number of aromatic nitrogens is 1. The molecule has 0 atom stereocenters. The van der Waals surface area contributed by atoms with Crippen molar-refractivity contribution in [3.8, 4) is 11.3 Å². The summed E-state index contributed by atoms with van der Waals surface area (Å²) in [5.74, 6) is 1.55. The Morgan fingerprint density at radius 1 is 1.21 bits per heavy atom. The molecule has 2 rings (SSSR count). The van der Waals surface area contributed by atoms with Crippen LogP contribution in [0.15, 0.2) is 34.9 Å². The highest BCUT2D eigenvalue weighted by atomic mass is 16.5. The molecule has 0 amide bonds. The third kappa shape index (κ3) is 3.44. The van der Waals surface area contributed by atoms with Gasteiger partial charge in [-0.1, -0.05) is 56.3 Å². The summed E-state index contributed by atoms with van der Waals surface area (Å²) in [5, 5.41) is 7.64. The topological polar surface area (TPSA) is 38.1 Å². The predicted octanol–water partition coefficient (Wildman–Crippen LogP) is 3.65. The van der Waals surface area contributed by atoms with E-state index in [4.69, 9.17) is 4.52 Å². The fourth-order valence-electron chi connectivity index (χ4n) is 2.14. The van der Waals surface area contributed by atoms with Gasteiger partial charge in [0.1, 0.15) is 5.69 Å². The average Bonchev–Trinajstić information content (AvgIpc) is 2.82. The summed E-state index contributed by atoms with van der Waals surface area (Å²) >= 11 is 0. The molecular weight excluding hydrogens is 236 g/mol. The predicted molar refractivity (Wildman–Crippen MR) is 77.9 cm³/mol. The van der Waals surface area contributed by atoms with Gasteiger partial charge in [0.25, 0.3) is 0 Å². The van der Waals surface area contributed by atoms with Crippen molar-refractivity contribution in [3.05, 3.63) is 41.6 Å². The summed E-state index contributed by atoms with van der Waals surface area (Å²) in [7, 11) is 0. The maximum Gasteiger partial charge on any atom is 0.170 e. The van der Waals surface area contributed by atoms with E-state index in [1.165, 1.54) is 5.56 Å². The van der Waals surface area contributed by atoms with Crippen molar-refractivity contribution in [2.24, 2.45) is 5.92 Å². The van der Waals surface area contributed by atoms with Crippen LogP contribution in [0, 0.1) is 5.92 Å². The van der Waals surface area contributed by atoms with Gasteiger partial charge >= 0.3 is 0 Å². The second kappa shape index (κ2) is 6.53. The zero-order chi connectivity index (χ0) is 13.7. The second-order valence-corrected chi connectivity index (χ2v) is 5.18. The molecule has 3 nitrogen and oxygen atoms in total. The molecule has 0 spiro atoms. The Bertz CT molecular complexity index is 503. The Morgan fingerprint density at radius 3 is 2.58 bits per heavy atom. The van der Waals surface area contributed by atoms with Crippen LogP contribution < -0.4 is 5.32 Å². The summed E-state index contributed by atoms with van der Waals surface area (Å²) in [6.45, 7) is 8.32. The number of hydrogen-bond acceptors (Lipinski definition) is 3. The van der Waals surface area contributed by atoms with Crippen LogP contribution >= 0.6 is 0 Å². The van der Waals surface area contributed by atoms with Crippen molar-refractivity contribution in [2.75, 3.05) is 6.54 Å². The second-order valence-electron chi connectivity index (χ2n) is 5.18. The van der Waals surface area contributed by atoms with Crippen molar-refractivity contribution in [3.63, 3.8) is 0 Å². The van der Waals surface area contributed by atoms with Crippen LogP contribution in [0.1, 0.15) is 32.0 Å². The SMILES string of the molecule is CCc1c(CNCC(C)C)noc1-c1ccccc1. The smallest absolute Gasteiger partial charge is 0.170 e. The first-order chi connectivity index (χ1) is 9.22. The van der Waals surface area contributed by atoms with Crippen molar-refractivity contribution in [2.45, 2.75) is 33.7 Å². The summed E-state index contributed by atoms with van der Waals surface area (Å²) in [4.78, 5) is 0. The summed E-state index contributed by atoms with van der Waals surface area (Å²) in [5.41, 5.74) is 3.34. The van der Waals surface area contributed by atoms with Crippen LogP contribution in [-0.2, 0) is 13.0 Å². The van der Waals surface area contributed by atoms with E-state index in [0.29, 0.717) is 5.92 Å². The molecule has 1 heterocycles. The van der Waals surface area contributed by atoms with Gasteiger partial charge in [-0.3, -0.25) is 0 Å². The van der Waals surface area contributed by atoms with Gasteiger partial charge in [0.05, 0.1) is 0 Å². The number of hydrogen-bond donors (Lipinski definition) is 1. The first kappa shape index (κ1) is 13.8. The van der Waals surface area contributed by atoms with E-state index in [-0.39, 0.29) is 0 Å². The fraction of sp³-hybridized carbons (Fsp3) is 0.438. The highest BCUT2D eigenvalue weighted by Gasteiger charge is 2.15. The van der Waals surface area contributed by atoms with E-state index in [1.54, 1.807) is 0 Å². The molecule has 0 aliphatic carbocycles. The van der Waals surface area contributed by atoms with E-state index in [2.05, 4.69) is 43.4 Å². The van der Waals surface area contributed by atoms with Crippen LogP contribution in [0.3, 0.4) is 0 Å². The van der Waals surface area contributed by atoms with Gasteiger partial charge in [-0.2, -0.15) is 0 Å². The quantitative estimate of drug-likeness (QED) is 0.859. The molecule has 1 N–H and O–H groups in total. The van der Waals surface area contributed by atoms with Crippen molar-refractivity contribution in [1.82, 2.24) is 10.5 Å². The molecule has 2 aromatic rings. The lowest BCUT2D eigenvalue weighted by Crippen LogP contribution is -2.19. The minimum Gasteiger partial charge on any atom is -0.356 e. The molecule has 0 radical (unpaired) electrons. The molecule has 0 aliphatic rings. The highest BCUT2D eigenvalue weighted by molar-refractivity contribution is 5.61. The van der Waals surface area contributed by atoms with Crippen molar-refractivity contribution < 1.29 is 4.52 Å². The molecule has 3 heteroatoms. The third-order valence-corrected chi connectivity index (χ3v) is 3.10. The summed E-state index contributed by atoms with van der Waals surface area (Å²) < 4.78 is 5.54. The van der Waals surface area contributed by atoms with Gasteiger partial charge in [-0.05, 0) is 18.9 Å². The lowest BCUT2D eigenvalue weighted by Gasteiger charge is -2.06. The average molecular weight is 258 g/mol. The molecule has 19 heavy (non-hydrogen) atoms. The molecule has 0 fully saturated rings. The maximum absolute atomic E-state index is 5.54. The molecule has 1 aromatic heterocycles. The Morgan fingerprint density at radius 2 is 1.95 bits per heavy atom. The Labute approximate surface area is 115 Å². The zero-order valence-electron chi connectivity index (χ0n) is 11.9. The number of benzene rings is 1. The standard InChI is InChI=1S/C16H22N2O/c1-4-14-15(11-17-10-12(2)3)18-19-16(14)13-8-6-5-7-9-13/h5-9,12,17H,4,10-11H2,1-3H3. The molecule has 0 aliphatic heterocycles. The van der Waals surface area contributed by atoms with Crippen molar-refractivity contribution in [1.29, 1.82) is 0 Å². The van der Waals surface area contributed by atoms with E-state index in [1.807, 2.05) is 18.2 Å². The molecule has 0 unspecified atom stereocenters. The van der Waals surface area contributed by atoms with E-state index in [9.17, 15) is 0 Å². The molecule has 1 aromatic carbocycles. The van der Waals surface area contributed by atoms with Gasteiger partial charge in [0.2, 0.25) is 0 Å². The minimum absolute atomic E-state index is 0.644. The molecule has 0 bridgehead atoms. The van der Waals surface area contributed by atoms with Crippen LogP contribution in [0.25, 0.3) is 11.3 Å². The van der Waals surface area contributed by atoms with Crippen LogP contribution in [0.4, 0.5) is 0 Å². The Balaban J connectivity index is 2.16. The largest absolute Gasteiger partial charge is 0.356 e. The Hall–Kier alpha value is -1.61. The van der Waals surface area contributed by atoms with Crippen molar-refractivity contribution >= 4 is 0 Å².